The first-order valence-corrected chi connectivity index (χ1v) is 6.06. The van der Waals surface area contributed by atoms with Crippen LogP contribution in [0.2, 0.25) is 0 Å². The van der Waals surface area contributed by atoms with E-state index in [1.165, 1.54) is 34.9 Å². The molecule has 1 N–H and O–H groups in total. The minimum Gasteiger partial charge on any atom is -0.310 e. The summed E-state index contributed by atoms with van der Waals surface area (Å²) in [7, 11) is 0. The molecule has 1 saturated heterocycles. The van der Waals surface area contributed by atoms with Crippen LogP contribution in [0.15, 0.2) is 22.7 Å². The number of rotatable bonds is 1. The summed E-state index contributed by atoms with van der Waals surface area (Å²) < 4.78 is 1.19. The van der Waals surface area contributed by atoms with Crippen LogP contribution in [0.3, 0.4) is 0 Å². The molecule has 1 fully saturated rings. The van der Waals surface area contributed by atoms with Crippen LogP contribution in [0, 0.1) is 6.92 Å². The van der Waals surface area contributed by atoms with Crippen molar-refractivity contribution < 1.29 is 0 Å². The molecule has 1 heterocycles. The highest BCUT2D eigenvalue weighted by Gasteiger charge is 2.16. The highest BCUT2D eigenvalue weighted by atomic mass is 79.9. The third-order valence-electron chi connectivity index (χ3n) is 2.93. The predicted molar refractivity (Wildman–Crippen MR) is 63.5 cm³/mol. The van der Waals surface area contributed by atoms with Gasteiger partial charge < -0.3 is 5.32 Å². The smallest absolute Gasteiger partial charge is 0.0323 e. The Bertz CT molecular complexity index is 316. The number of hydrogen-bond donors (Lipinski definition) is 1. The average Bonchev–Trinajstić information content (AvgIpc) is 2.23. The van der Waals surface area contributed by atoms with Gasteiger partial charge in [0.2, 0.25) is 0 Å². The van der Waals surface area contributed by atoms with Crippen molar-refractivity contribution in [1.29, 1.82) is 0 Å². The molecule has 1 nitrogen and oxygen atoms in total. The third-order valence-corrected chi connectivity index (χ3v) is 3.42. The second-order valence-electron chi connectivity index (χ2n) is 4.00. The molecule has 2 heteroatoms. The maximum absolute atomic E-state index is 3.58. The molecule has 0 aliphatic carbocycles. The zero-order valence-corrected chi connectivity index (χ0v) is 10.1. The molecule has 1 aromatic carbocycles. The quantitative estimate of drug-likeness (QED) is 0.807. The fraction of sp³-hybridized carbons (Fsp3) is 0.500. The topological polar surface area (TPSA) is 12.0 Å². The van der Waals surface area contributed by atoms with Gasteiger partial charge in [-0.15, -0.1) is 0 Å². The molecule has 14 heavy (non-hydrogen) atoms. The average molecular weight is 254 g/mol. The van der Waals surface area contributed by atoms with Gasteiger partial charge in [0.05, 0.1) is 0 Å². The normalized spacial score (nSPS) is 22.3. The van der Waals surface area contributed by atoms with Gasteiger partial charge in [0, 0.05) is 10.5 Å². The molecule has 0 unspecified atom stereocenters. The van der Waals surface area contributed by atoms with E-state index in [1.807, 2.05) is 0 Å². The first-order valence-electron chi connectivity index (χ1n) is 5.27. The number of benzene rings is 1. The summed E-state index contributed by atoms with van der Waals surface area (Å²) in [6, 6.07) is 7.12. The lowest BCUT2D eigenvalue weighted by Crippen LogP contribution is -2.27. The molecule has 1 atom stereocenters. The minimum absolute atomic E-state index is 0.571. The van der Waals surface area contributed by atoms with Gasteiger partial charge in [-0.3, -0.25) is 0 Å². The second-order valence-corrected chi connectivity index (χ2v) is 4.92. The van der Waals surface area contributed by atoms with Crippen molar-refractivity contribution in [2.45, 2.75) is 32.2 Å². The molecular formula is C12H16BrN. The zero-order chi connectivity index (χ0) is 9.97. The standard InChI is InChI=1S/C12H16BrN/c1-9-5-6-10(13)8-11(9)12-4-2-3-7-14-12/h5-6,8,12,14H,2-4,7H2,1H3/t12-/m0/s1. The number of halogens is 1. The Hall–Kier alpha value is -0.340. The second kappa shape index (κ2) is 4.45. The summed E-state index contributed by atoms with van der Waals surface area (Å²) in [5, 5.41) is 3.58. The van der Waals surface area contributed by atoms with Crippen molar-refractivity contribution in [3.63, 3.8) is 0 Å². The molecule has 0 amide bonds. The third kappa shape index (κ3) is 2.18. The monoisotopic (exact) mass is 253 g/mol. The first kappa shape index (κ1) is 10.2. The van der Waals surface area contributed by atoms with Crippen LogP contribution in [0.1, 0.15) is 36.4 Å². The number of piperidine rings is 1. The first-order chi connectivity index (χ1) is 6.77. The van der Waals surface area contributed by atoms with Gasteiger partial charge >= 0.3 is 0 Å². The van der Waals surface area contributed by atoms with E-state index in [9.17, 15) is 0 Å². The summed E-state index contributed by atoms with van der Waals surface area (Å²) in [4.78, 5) is 0. The van der Waals surface area contributed by atoms with Crippen molar-refractivity contribution in [2.24, 2.45) is 0 Å². The van der Waals surface area contributed by atoms with Crippen molar-refractivity contribution in [2.75, 3.05) is 6.54 Å². The van der Waals surface area contributed by atoms with Gasteiger partial charge in [-0.2, -0.15) is 0 Å². The maximum Gasteiger partial charge on any atom is 0.0323 e. The largest absolute Gasteiger partial charge is 0.310 e. The molecular weight excluding hydrogens is 238 g/mol. The summed E-state index contributed by atoms with van der Waals surface area (Å²) in [5.41, 5.74) is 2.85. The van der Waals surface area contributed by atoms with E-state index in [0.717, 1.165) is 6.54 Å². The van der Waals surface area contributed by atoms with Crippen LogP contribution < -0.4 is 5.32 Å². The van der Waals surface area contributed by atoms with Gasteiger partial charge in [0.25, 0.3) is 0 Å². The molecule has 0 spiro atoms. The Morgan fingerprint density at radius 3 is 2.93 bits per heavy atom. The molecule has 2 rings (SSSR count). The van der Waals surface area contributed by atoms with Gasteiger partial charge in [0.15, 0.2) is 0 Å². The Morgan fingerprint density at radius 2 is 2.21 bits per heavy atom. The molecule has 1 aromatic rings. The van der Waals surface area contributed by atoms with E-state index in [4.69, 9.17) is 0 Å². The van der Waals surface area contributed by atoms with E-state index in [1.54, 1.807) is 0 Å². The van der Waals surface area contributed by atoms with Crippen molar-refractivity contribution >= 4 is 15.9 Å². The Balaban J connectivity index is 2.24. The van der Waals surface area contributed by atoms with Crippen molar-refractivity contribution in [3.8, 4) is 0 Å². The van der Waals surface area contributed by atoms with E-state index < -0.39 is 0 Å². The molecule has 0 radical (unpaired) electrons. The molecule has 76 valence electrons. The Kier molecular flexibility index (Phi) is 3.24. The molecule has 0 bridgehead atoms. The predicted octanol–water partition coefficient (Wildman–Crippen LogP) is 3.57. The zero-order valence-electron chi connectivity index (χ0n) is 8.52. The number of nitrogens with one attached hydrogen (secondary N) is 1. The van der Waals surface area contributed by atoms with Crippen LogP contribution >= 0.6 is 15.9 Å². The van der Waals surface area contributed by atoms with E-state index in [2.05, 4.69) is 46.4 Å². The van der Waals surface area contributed by atoms with Gasteiger partial charge in [-0.1, -0.05) is 28.4 Å². The van der Waals surface area contributed by atoms with E-state index in [-0.39, 0.29) is 0 Å². The lowest BCUT2D eigenvalue weighted by Gasteiger charge is -2.25. The van der Waals surface area contributed by atoms with Crippen molar-refractivity contribution in [1.82, 2.24) is 5.32 Å². The summed E-state index contributed by atoms with van der Waals surface area (Å²) in [5.74, 6) is 0. The summed E-state index contributed by atoms with van der Waals surface area (Å²) in [6.07, 6.45) is 3.95. The van der Waals surface area contributed by atoms with Crippen LogP contribution in [0.4, 0.5) is 0 Å². The Labute approximate surface area is 94.0 Å². The van der Waals surface area contributed by atoms with E-state index in [0.29, 0.717) is 6.04 Å². The highest BCUT2D eigenvalue weighted by Crippen LogP contribution is 2.27. The van der Waals surface area contributed by atoms with Crippen LogP contribution in [0.25, 0.3) is 0 Å². The fourth-order valence-electron chi connectivity index (χ4n) is 2.10. The molecule has 1 aliphatic heterocycles. The van der Waals surface area contributed by atoms with Crippen molar-refractivity contribution in [3.05, 3.63) is 33.8 Å². The van der Waals surface area contributed by atoms with Crippen LogP contribution in [-0.2, 0) is 0 Å². The molecule has 0 aromatic heterocycles. The lowest BCUT2D eigenvalue weighted by atomic mass is 9.94. The SMILES string of the molecule is Cc1ccc(Br)cc1[C@@H]1CCCCN1. The summed E-state index contributed by atoms with van der Waals surface area (Å²) >= 11 is 3.54. The lowest BCUT2D eigenvalue weighted by molar-refractivity contribution is 0.411. The van der Waals surface area contributed by atoms with Gasteiger partial charge in [0.1, 0.15) is 0 Å². The summed E-state index contributed by atoms with van der Waals surface area (Å²) in [6.45, 7) is 3.36. The fourth-order valence-corrected chi connectivity index (χ4v) is 2.48. The number of hydrogen-bond acceptors (Lipinski definition) is 1. The van der Waals surface area contributed by atoms with E-state index >= 15 is 0 Å². The minimum atomic E-state index is 0.571. The van der Waals surface area contributed by atoms with Crippen LogP contribution in [-0.4, -0.2) is 6.54 Å². The van der Waals surface area contributed by atoms with Gasteiger partial charge in [-0.25, -0.2) is 0 Å². The Morgan fingerprint density at radius 1 is 1.36 bits per heavy atom. The van der Waals surface area contributed by atoms with Gasteiger partial charge in [-0.05, 0) is 49.6 Å². The van der Waals surface area contributed by atoms with Crippen LogP contribution in [0.5, 0.6) is 0 Å². The number of aryl methyl sites for hydroxylation is 1. The molecule has 1 aliphatic rings. The maximum atomic E-state index is 3.58. The highest BCUT2D eigenvalue weighted by molar-refractivity contribution is 9.10. The molecule has 0 saturated carbocycles.